The molecule has 0 saturated carbocycles. The second-order valence-corrected chi connectivity index (χ2v) is 10.3. The zero-order valence-electron chi connectivity index (χ0n) is 22.3. The van der Waals surface area contributed by atoms with Crippen molar-refractivity contribution in [1.82, 2.24) is 10.2 Å². The van der Waals surface area contributed by atoms with Crippen molar-refractivity contribution in [3.8, 4) is 11.5 Å². The smallest absolute Gasteiger partial charge is 0.338 e. The van der Waals surface area contributed by atoms with E-state index in [0.29, 0.717) is 40.4 Å². The monoisotopic (exact) mass is 535 g/mol. The Kier molecular flexibility index (Phi) is 8.78. The maximum Gasteiger partial charge on any atom is 0.338 e. The van der Waals surface area contributed by atoms with E-state index in [-0.39, 0.29) is 18.9 Å². The third-order valence-electron chi connectivity index (χ3n) is 6.21. The number of amidine groups is 1. The summed E-state index contributed by atoms with van der Waals surface area (Å²) in [7, 11) is 3.15. The molecule has 9 heteroatoms. The predicted molar refractivity (Wildman–Crippen MR) is 149 cm³/mol. The number of allylic oxidation sites excluding steroid dienone is 1. The van der Waals surface area contributed by atoms with Crippen molar-refractivity contribution in [3.05, 3.63) is 82.0 Å². The van der Waals surface area contributed by atoms with Crippen molar-refractivity contribution in [2.24, 2.45) is 10.9 Å². The Balaban J connectivity index is 1.70. The van der Waals surface area contributed by atoms with E-state index < -0.39 is 12.0 Å². The molecule has 0 bridgehead atoms. The van der Waals surface area contributed by atoms with Crippen LogP contribution >= 0.6 is 11.8 Å². The van der Waals surface area contributed by atoms with Crippen LogP contribution in [0.1, 0.15) is 44.4 Å². The lowest BCUT2D eigenvalue weighted by Gasteiger charge is -2.36. The molecule has 2 heterocycles. The maximum absolute atomic E-state index is 13.6. The van der Waals surface area contributed by atoms with Crippen molar-refractivity contribution in [3.63, 3.8) is 0 Å². The minimum atomic E-state index is -0.565. The van der Waals surface area contributed by atoms with Gasteiger partial charge in [0.25, 0.3) is 0 Å². The molecule has 2 aliphatic rings. The highest BCUT2D eigenvalue weighted by molar-refractivity contribution is 8.16. The van der Waals surface area contributed by atoms with Gasteiger partial charge >= 0.3 is 5.97 Å². The van der Waals surface area contributed by atoms with Crippen LogP contribution < -0.4 is 14.8 Å². The molecule has 1 amide bonds. The molecule has 8 nitrogen and oxygen atoms in total. The maximum atomic E-state index is 13.6. The quantitative estimate of drug-likeness (QED) is 0.419. The minimum absolute atomic E-state index is 0.0858. The van der Waals surface area contributed by atoms with Crippen LogP contribution in [0.5, 0.6) is 11.5 Å². The van der Waals surface area contributed by atoms with E-state index in [4.69, 9.17) is 19.2 Å². The lowest BCUT2D eigenvalue weighted by atomic mass is 9.93. The van der Waals surface area contributed by atoms with Gasteiger partial charge in [0.15, 0.2) is 16.7 Å². The Hall–Kier alpha value is -3.72. The van der Waals surface area contributed by atoms with Gasteiger partial charge in [-0.05, 0) is 41.5 Å². The summed E-state index contributed by atoms with van der Waals surface area (Å²) in [6.45, 7) is 6.64. The molecular weight excluding hydrogens is 502 g/mol. The zero-order chi connectivity index (χ0) is 27.2. The van der Waals surface area contributed by atoms with E-state index in [2.05, 4.69) is 5.32 Å². The summed E-state index contributed by atoms with van der Waals surface area (Å²) in [5.41, 5.74) is 3.42. The summed E-state index contributed by atoms with van der Waals surface area (Å²) in [5, 5.41) is 5.60. The fourth-order valence-electron chi connectivity index (χ4n) is 4.31. The van der Waals surface area contributed by atoms with Crippen molar-refractivity contribution < 1.29 is 23.8 Å². The molecule has 0 saturated heterocycles. The van der Waals surface area contributed by atoms with Gasteiger partial charge in [0.05, 0.1) is 38.0 Å². The first-order valence-electron chi connectivity index (χ1n) is 12.5. The molecule has 2 aromatic carbocycles. The molecule has 200 valence electrons. The van der Waals surface area contributed by atoms with Crippen LogP contribution in [0.3, 0.4) is 0 Å². The second-order valence-electron chi connectivity index (χ2n) is 9.44. The number of nitrogens with one attached hydrogen (secondary N) is 1. The largest absolute Gasteiger partial charge is 0.493 e. The van der Waals surface area contributed by atoms with E-state index in [1.165, 1.54) is 11.8 Å². The lowest BCUT2D eigenvalue weighted by Crippen LogP contribution is -2.38. The molecule has 1 atom stereocenters. The molecule has 0 radical (unpaired) electrons. The average Bonchev–Trinajstić information content (AvgIpc) is 3.31. The molecule has 0 aromatic heterocycles. The van der Waals surface area contributed by atoms with E-state index in [9.17, 15) is 9.59 Å². The highest BCUT2D eigenvalue weighted by Gasteiger charge is 2.41. The van der Waals surface area contributed by atoms with Crippen LogP contribution in [0.2, 0.25) is 0 Å². The van der Waals surface area contributed by atoms with Gasteiger partial charge in [0.1, 0.15) is 6.61 Å². The molecule has 1 N–H and O–H groups in total. The summed E-state index contributed by atoms with van der Waals surface area (Å²) >= 11 is 1.44. The number of carbonyl (C=O) groups is 2. The van der Waals surface area contributed by atoms with Gasteiger partial charge in [-0.1, -0.05) is 62.0 Å². The Morgan fingerprint density at radius 3 is 2.50 bits per heavy atom. The number of hydrogen-bond acceptors (Lipinski definition) is 8. The van der Waals surface area contributed by atoms with Crippen LogP contribution in [0.25, 0.3) is 0 Å². The Morgan fingerprint density at radius 1 is 1.08 bits per heavy atom. The molecule has 38 heavy (non-hydrogen) atoms. The van der Waals surface area contributed by atoms with Crippen molar-refractivity contribution in [2.75, 3.05) is 20.8 Å². The average molecular weight is 536 g/mol. The van der Waals surface area contributed by atoms with Gasteiger partial charge in [-0.15, -0.1) is 0 Å². The van der Waals surface area contributed by atoms with Crippen LogP contribution in [-0.2, 0) is 20.9 Å². The Morgan fingerprint density at radius 2 is 1.82 bits per heavy atom. The minimum Gasteiger partial charge on any atom is -0.493 e. The summed E-state index contributed by atoms with van der Waals surface area (Å²) < 4.78 is 16.8. The number of rotatable bonds is 10. The number of amides is 1. The number of ether oxygens (including phenoxy) is 3. The second kappa shape index (κ2) is 12.2. The standard InChI is InChI=1S/C29H33N3O5S/c1-18(2)15-30-25(33)14-22-17-38-29-31-19(3)26(28(34)37-16-20-9-7-6-8-10-20)27(32(22)29)21-11-12-23(35-4)24(13-21)36-5/h6-13,17-18,27H,14-16H2,1-5H3,(H,30,33). The molecule has 0 aliphatic carbocycles. The topological polar surface area (TPSA) is 89.5 Å². The van der Waals surface area contributed by atoms with Gasteiger partial charge in [0.2, 0.25) is 5.91 Å². The molecular formula is C29H33N3O5S. The zero-order valence-corrected chi connectivity index (χ0v) is 23.1. The number of hydrogen-bond donors (Lipinski definition) is 1. The SMILES string of the molecule is COc1ccc(C2C(C(=O)OCc3ccccc3)=C(C)N=C3SC=C(CC(=O)NCC(C)C)N32)cc1OC. The van der Waals surface area contributed by atoms with E-state index >= 15 is 0 Å². The number of benzene rings is 2. The fourth-order valence-corrected chi connectivity index (χ4v) is 5.28. The summed E-state index contributed by atoms with van der Waals surface area (Å²) in [6, 6.07) is 14.5. The Labute approximate surface area is 227 Å². The van der Waals surface area contributed by atoms with Gasteiger partial charge in [0, 0.05) is 12.2 Å². The number of nitrogens with zero attached hydrogens (tertiary/aromatic N) is 2. The van der Waals surface area contributed by atoms with Gasteiger partial charge in [-0.25, -0.2) is 9.79 Å². The molecule has 2 aromatic rings. The number of esters is 1. The number of aliphatic imine (C=N–C) groups is 1. The molecule has 2 aliphatic heterocycles. The first-order chi connectivity index (χ1) is 18.3. The fraction of sp³-hybridized carbons (Fsp3) is 0.345. The van der Waals surface area contributed by atoms with Crippen molar-refractivity contribution in [2.45, 2.75) is 39.8 Å². The van der Waals surface area contributed by atoms with Crippen LogP contribution in [0, 0.1) is 5.92 Å². The van der Waals surface area contributed by atoms with Crippen LogP contribution in [0.4, 0.5) is 0 Å². The van der Waals surface area contributed by atoms with E-state index in [0.717, 1.165) is 16.8 Å². The molecule has 1 unspecified atom stereocenters. The summed E-state index contributed by atoms with van der Waals surface area (Å²) in [5.74, 6) is 0.908. The lowest BCUT2D eigenvalue weighted by molar-refractivity contribution is -0.141. The van der Waals surface area contributed by atoms with Crippen LogP contribution in [0.15, 0.2) is 75.9 Å². The van der Waals surface area contributed by atoms with E-state index in [1.54, 1.807) is 14.2 Å². The first-order valence-corrected chi connectivity index (χ1v) is 13.3. The predicted octanol–water partition coefficient (Wildman–Crippen LogP) is 5.18. The number of thioether (sulfide) groups is 1. The van der Waals surface area contributed by atoms with Crippen molar-refractivity contribution >= 4 is 28.8 Å². The first kappa shape index (κ1) is 27.3. The molecule has 0 spiro atoms. The number of methoxy groups -OCH3 is 2. The molecule has 4 rings (SSSR count). The van der Waals surface area contributed by atoms with Gasteiger partial charge in [-0.2, -0.15) is 0 Å². The van der Waals surface area contributed by atoms with Gasteiger partial charge < -0.3 is 24.4 Å². The summed E-state index contributed by atoms with van der Waals surface area (Å²) in [4.78, 5) is 33.1. The summed E-state index contributed by atoms with van der Waals surface area (Å²) in [6.07, 6.45) is 0.161. The van der Waals surface area contributed by atoms with Gasteiger partial charge in [-0.3, -0.25) is 4.79 Å². The third kappa shape index (κ3) is 6.05. The number of fused-ring (bicyclic) bond motifs is 1. The Bertz CT molecular complexity index is 1290. The van der Waals surface area contributed by atoms with Crippen LogP contribution in [-0.4, -0.2) is 42.7 Å². The van der Waals surface area contributed by atoms with E-state index in [1.807, 2.05) is 79.6 Å². The molecule has 0 fully saturated rings. The highest BCUT2D eigenvalue weighted by atomic mass is 32.2. The number of carbonyl (C=O) groups excluding carboxylic acids is 2. The van der Waals surface area contributed by atoms with Crippen molar-refractivity contribution in [1.29, 1.82) is 0 Å². The third-order valence-corrected chi connectivity index (χ3v) is 7.09. The highest BCUT2D eigenvalue weighted by Crippen LogP contribution is 2.46. The normalized spacial score (nSPS) is 16.6.